The molecule has 1 heterocycles. The maximum Gasteiger partial charge on any atom is 0.256 e. The molecule has 1 amide bonds. The lowest BCUT2D eigenvalue weighted by molar-refractivity contribution is -0.0555. The van der Waals surface area contributed by atoms with Crippen molar-refractivity contribution in [1.29, 1.82) is 0 Å². The fourth-order valence-corrected chi connectivity index (χ4v) is 3.67. The molecule has 1 aliphatic carbocycles. The zero-order valence-corrected chi connectivity index (χ0v) is 12.7. The summed E-state index contributed by atoms with van der Waals surface area (Å²) in [5.41, 5.74) is 2.27. The van der Waals surface area contributed by atoms with E-state index in [2.05, 4.69) is 16.3 Å². The molecule has 1 fully saturated rings. The highest BCUT2D eigenvalue weighted by molar-refractivity contribution is 6.24. The van der Waals surface area contributed by atoms with Gasteiger partial charge in [-0.3, -0.25) is 9.69 Å². The van der Waals surface area contributed by atoms with E-state index in [0.29, 0.717) is 6.54 Å². The number of nitrogens with one attached hydrogen (secondary N) is 1. The number of nitrogens with zero attached hydrogens (tertiary/aromatic N) is 1. The zero-order valence-electron chi connectivity index (χ0n) is 12.7. The number of hydrogen-bond acceptors (Lipinski definition) is 3. The molecule has 4 rings (SSSR count). The normalized spacial score (nSPS) is 18.6. The molecule has 1 saturated carbocycles. The SMILES string of the molecule is CN(Cc1cc2c3c(cccc3c1)NC2=O)CC1(O)CCC1. The molecule has 4 nitrogen and oxygen atoms in total. The lowest BCUT2D eigenvalue weighted by atomic mass is 9.80. The first-order valence-corrected chi connectivity index (χ1v) is 7.82. The Balaban J connectivity index is 1.62. The predicted octanol–water partition coefficient (Wildman–Crippen LogP) is 2.75. The molecule has 114 valence electrons. The van der Waals surface area contributed by atoms with Crippen LogP contribution in [0.4, 0.5) is 5.69 Å². The van der Waals surface area contributed by atoms with Gasteiger partial charge in [0.15, 0.2) is 0 Å². The smallest absolute Gasteiger partial charge is 0.256 e. The van der Waals surface area contributed by atoms with Gasteiger partial charge in [0, 0.05) is 29.7 Å². The van der Waals surface area contributed by atoms with Crippen molar-refractivity contribution < 1.29 is 9.90 Å². The molecule has 0 aromatic heterocycles. The van der Waals surface area contributed by atoms with Crippen molar-refractivity contribution in [3.05, 3.63) is 41.5 Å². The molecule has 2 aliphatic rings. The van der Waals surface area contributed by atoms with Crippen LogP contribution < -0.4 is 5.32 Å². The Hall–Kier alpha value is -1.91. The average Bonchev–Trinajstić information content (AvgIpc) is 2.75. The Labute approximate surface area is 129 Å². The number of anilines is 1. The maximum absolute atomic E-state index is 12.1. The Morgan fingerprint density at radius 1 is 1.32 bits per heavy atom. The fraction of sp³-hybridized carbons (Fsp3) is 0.389. The van der Waals surface area contributed by atoms with Crippen LogP contribution in [0.3, 0.4) is 0 Å². The summed E-state index contributed by atoms with van der Waals surface area (Å²) in [7, 11) is 2.02. The molecule has 2 N–H and O–H groups in total. The van der Waals surface area contributed by atoms with E-state index < -0.39 is 5.60 Å². The molecule has 4 heteroatoms. The molecule has 22 heavy (non-hydrogen) atoms. The summed E-state index contributed by atoms with van der Waals surface area (Å²) in [6, 6.07) is 10.1. The van der Waals surface area contributed by atoms with Crippen molar-refractivity contribution in [2.75, 3.05) is 18.9 Å². The standard InChI is InChI=1S/C18H20N2O2/c1-20(11-18(22)6-3-7-18)10-12-8-13-4-2-5-15-16(13)14(9-12)17(21)19-15/h2,4-5,8-9,22H,3,6-7,10-11H2,1H3,(H,19,21). The first kappa shape index (κ1) is 13.7. The van der Waals surface area contributed by atoms with Crippen molar-refractivity contribution in [3.63, 3.8) is 0 Å². The van der Waals surface area contributed by atoms with Gasteiger partial charge in [0.1, 0.15) is 0 Å². The van der Waals surface area contributed by atoms with E-state index in [4.69, 9.17) is 0 Å². The summed E-state index contributed by atoms with van der Waals surface area (Å²) >= 11 is 0. The summed E-state index contributed by atoms with van der Waals surface area (Å²) in [6.45, 7) is 1.43. The molecular formula is C18H20N2O2. The first-order chi connectivity index (χ1) is 10.5. The highest BCUT2D eigenvalue weighted by atomic mass is 16.3. The number of rotatable bonds is 4. The zero-order chi connectivity index (χ0) is 15.3. The van der Waals surface area contributed by atoms with Gasteiger partial charge in [-0.15, -0.1) is 0 Å². The molecule has 0 spiro atoms. The highest BCUT2D eigenvalue weighted by Crippen LogP contribution is 2.35. The van der Waals surface area contributed by atoms with E-state index in [-0.39, 0.29) is 5.91 Å². The van der Waals surface area contributed by atoms with Crippen molar-refractivity contribution in [2.24, 2.45) is 0 Å². The van der Waals surface area contributed by atoms with Crippen molar-refractivity contribution >= 4 is 22.4 Å². The van der Waals surface area contributed by atoms with Gasteiger partial charge in [-0.2, -0.15) is 0 Å². The number of aliphatic hydroxyl groups is 1. The topological polar surface area (TPSA) is 52.6 Å². The Bertz CT molecular complexity index is 765. The molecule has 0 atom stereocenters. The van der Waals surface area contributed by atoms with Crippen LogP contribution >= 0.6 is 0 Å². The molecule has 2 aromatic carbocycles. The number of likely N-dealkylation sites (N-methyl/N-ethyl adjacent to an activating group) is 1. The van der Waals surface area contributed by atoms with Crippen LogP contribution in [0.25, 0.3) is 10.8 Å². The van der Waals surface area contributed by atoms with Gasteiger partial charge < -0.3 is 10.4 Å². The van der Waals surface area contributed by atoms with Crippen molar-refractivity contribution in [3.8, 4) is 0 Å². The van der Waals surface area contributed by atoms with E-state index in [1.54, 1.807) is 0 Å². The Morgan fingerprint density at radius 3 is 2.86 bits per heavy atom. The van der Waals surface area contributed by atoms with Gasteiger partial charge >= 0.3 is 0 Å². The van der Waals surface area contributed by atoms with Crippen LogP contribution in [0.1, 0.15) is 35.2 Å². The molecule has 0 radical (unpaired) electrons. The van der Waals surface area contributed by atoms with Gasteiger partial charge in [0.2, 0.25) is 0 Å². The van der Waals surface area contributed by atoms with Gasteiger partial charge in [-0.05, 0) is 55.5 Å². The van der Waals surface area contributed by atoms with Crippen molar-refractivity contribution in [1.82, 2.24) is 4.90 Å². The number of amides is 1. The van der Waals surface area contributed by atoms with E-state index in [0.717, 1.165) is 53.4 Å². The summed E-state index contributed by atoms with van der Waals surface area (Å²) in [4.78, 5) is 14.2. The average molecular weight is 296 g/mol. The van der Waals surface area contributed by atoms with E-state index in [1.807, 2.05) is 31.3 Å². The summed E-state index contributed by atoms with van der Waals surface area (Å²) in [5, 5.41) is 15.3. The monoisotopic (exact) mass is 296 g/mol. The Kier molecular flexibility index (Phi) is 2.99. The second-order valence-electron chi connectivity index (χ2n) is 6.75. The predicted molar refractivity (Wildman–Crippen MR) is 87.0 cm³/mol. The van der Waals surface area contributed by atoms with Crippen molar-refractivity contribution in [2.45, 2.75) is 31.4 Å². The van der Waals surface area contributed by atoms with E-state index >= 15 is 0 Å². The van der Waals surface area contributed by atoms with Crippen LogP contribution in [0.2, 0.25) is 0 Å². The quantitative estimate of drug-likeness (QED) is 0.912. The second-order valence-corrected chi connectivity index (χ2v) is 6.75. The first-order valence-electron chi connectivity index (χ1n) is 7.82. The maximum atomic E-state index is 12.1. The van der Waals surface area contributed by atoms with Crippen LogP contribution in [0.15, 0.2) is 30.3 Å². The lowest BCUT2D eigenvalue weighted by Gasteiger charge is -2.39. The molecule has 1 aliphatic heterocycles. The fourth-order valence-electron chi connectivity index (χ4n) is 3.67. The largest absolute Gasteiger partial charge is 0.389 e. The molecule has 0 unspecified atom stereocenters. The minimum atomic E-state index is -0.507. The molecule has 0 saturated heterocycles. The Morgan fingerprint density at radius 2 is 2.14 bits per heavy atom. The minimum Gasteiger partial charge on any atom is -0.389 e. The third kappa shape index (κ3) is 2.19. The molecular weight excluding hydrogens is 276 g/mol. The van der Waals surface area contributed by atoms with Gasteiger partial charge in [-0.25, -0.2) is 0 Å². The molecule has 0 bridgehead atoms. The summed E-state index contributed by atoms with van der Waals surface area (Å²) in [6.07, 6.45) is 2.91. The summed E-state index contributed by atoms with van der Waals surface area (Å²) in [5.74, 6) is -0.0201. The van der Waals surface area contributed by atoms with Crippen LogP contribution in [0, 0.1) is 0 Å². The second kappa shape index (κ2) is 4.80. The third-order valence-electron chi connectivity index (χ3n) is 4.83. The van der Waals surface area contributed by atoms with Crippen LogP contribution in [0.5, 0.6) is 0 Å². The molecule has 2 aromatic rings. The van der Waals surface area contributed by atoms with Gasteiger partial charge in [0.25, 0.3) is 5.91 Å². The van der Waals surface area contributed by atoms with Gasteiger partial charge in [0.05, 0.1) is 5.60 Å². The van der Waals surface area contributed by atoms with Crippen LogP contribution in [-0.2, 0) is 6.54 Å². The number of carbonyl (C=O) groups is 1. The van der Waals surface area contributed by atoms with E-state index in [9.17, 15) is 9.90 Å². The third-order valence-corrected chi connectivity index (χ3v) is 4.83. The number of benzene rings is 2. The summed E-state index contributed by atoms with van der Waals surface area (Å²) < 4.78 is 0. The lowest BCUT2D eigenvalue weighted by Crippen LogP contribution is -2.46. The highest BCUT2D eigenvalue weighted by Gasteiger charge is 2.35. The number of carbonyl (C=O) groups excluding carboxylic acids is 1. The minimum absolute atomic E-state index is 0.0201. The van der Waals surface area contributed by atoms with Gasteiger partial charge in [-0.1, -0.05) is 12.1 Å². The van der Waals surface area contributed by atoms with E-state index in [1.165, 1.54) is 0 Å². The number of hydrogen-bond donors (Lipinski definition) is 2. The van der Waals surface area contributed by atoms with Crippen LogP contribution in [-0.4, -0.2) is 35.1 Å².